The number of benzene rings is 1. The molecular weight excluding hydrogens is 228 g/mol. The summed E-state index contributed by atoms with van der Waals surface area (Å²) in [4.78, 5) is 14.1. The van der Waals surface area contributed by atoms with Gasteiger partial charge < -0.3 is 15.4 Å². The Morgan fingerprint density at radius 1 is 1.44 bits per heavy atom. The average molecular weight is 248 g/mol. The zero-order chi connectivity index (χ0) is 13.2. The van der Waals surface area contributed by atoms with Crippen LogP contribution in [0, 0.1) is 0 Å². The quantitative estimate of drug-likeness (QED) is 0.881. The van der Waals surface area contributed by atoms with Gasteiger partial charge in [0, 0.05) is 13.1 Å². The first-order chi connectivity index (χ1) is 8.59. The molecule has 98 valence electrons. The summed E-state index contributed by atoms with van der Waals surface area (Å²) in [7, 11) is 1.58. The average Bonchev–Trinajstić information content (AvgIpc) is 2.35. The van der Waals surface area contributed by atoms with Crippen LogP contribution in [-0.2, 0) is 0 Å². The van der Waals surface area contributed by atoms with E-state index in [1.54, 1.807) is 24.1 Å². The molecule has 0 spiro atoms. The van der Waals surface area contributed by atoms with Crippen molar-refractivity contribution in [2.45, 2.75) is 25.3 Å². The first kappa shape index (κ1) is 12.9. The van der Waals surface area contributed by atoms with Crippen LogP contribution >= 0.6 is 0 Å². The molecule has 0 aliphatic carbocycles. The number of carbonyl (C=O) groups is 1. The third kappa shape index (κ3) is 2.34. The molecule has 1 saturated heterocycles. The molecule has 1 fully saturated rings. The van der Waals surface area contributed by atoms with Crippen LogP contribution in [0.25, 0.3) is 0 Å². The third-order valence-corrected chi connectivity index (χ3v) is 3.38. The highest BCUT2D eigenvalue weighted by Crippen LogP contribution is 2.27. The fourth-order valence-electron chi connectivity index (χ4n) is 2.51. The Bertz CT molecular complexity index is 439. The standard InChI is InChI=1S/C14H20N2O2/c1-3-8-14(15)9-16(10-14)13(17)11-6-4-5-7-12(11)18-2/h4-7H,3,8-10,15H2,1-2H3. The van der Waals surface area contributed by atoms with E-state index in [1.165, 1.54) is 0 Å². The van der Waals surface area contributed by atoms with Gasteiger partial charge in [-0.15, -0.1) is 0 Å². The maximum absolute atomic E-state index is 12.3. The minimum atomic E-state index is -0.188. The van der Waals surface area contributed by atoms with Crippen molar-refractivity contribution in [1.29, 1.82) is 0 Å². The van der Waals surface area contributed by atoms with Crippen LogP contribution in [0.15, 0.2) is 24.3 Å². The van der Waals surface area contributed by atoms with Crippen LogP contribution in [0.4, 0.5) is 0 Å². The van der Waals surface area contributed by atoms with Crippen molar-refractivity contribution >= 4 is 5.91 Å². The van der Waals surface area contributed by atoms with Crippen molar-refractivity contribution < 1.29 is 9.53 Å². The Kier molecular flexibility index (Phi) is 3.57. The smallest absolute Gasteiger partial charge is 0.257 e. The number of amides is 1. The van der Waals surface area contributed by atoms with Gasteiger partial charge in [0.1, 0.15) is 5.75 Å². The fourth-order valence-corrected chi connectivity index (χ4v) is 2.51. The van der Waals surface area contributed by atoms with Gasteiger partial charge in [0.05, 0.1) is 18.2 Å². The van der Waals surface area contributed by atoms with Crippen LogP contribution < -0.4 is 10.5 Å². The van der Waals surface area contributed by atoms with Crippen molar-refractivity contribution in [3.8, 4) is 5.75 Å². The molecule has 4 heteroatoms. The van der Waals surface area contributed by atoms with E-state index in [1.807, 2.05) is 12.1 Å². The maximum atomic E-state index is 12.3. The van der Waals surface area contributed by atoms with Gasteiger partial charge >= 0.3 is 0 Å². The molecule has 0 saturated carbocycles. The zero-order valence-corrected chi connectivity index (χ0v) is 11.0. The maximum Gasteiger partial charge on any atom is 0.257 e. The molecule has 1 aliphatic rings. The van der Waals surface area contributed by atoms with Gasteiger partial charge in [-0.1, -0.05) is 25.5 Å². The zero-order valence-electron chi connectivity index (χ0n) is 11.0. The minimum absolute atomic E-state index is 0.00429. The summed E-state index contributed by atoms with van der Waals surface area (Å²) < 4.78 is 5.21. The molecular formula is C14H20N2O2. The van der Waals surface area contributed by atoms with E-state index in [-0.39, 0.29) is 11.4 Å². The van der Waals surface area contributed by atoms with Crippen molar-refractivity contribution in [2.75, 3.05) is 20.2 Å². The van der Waals surface area contributed by atoms with E-state index in [0.29, 0.717) is 24.4 Å². The van der Waals surface area contributed by atoms with E-state index in [2.05, 4.69) is 6.92 Å². The second-order valence-electron chi connectivity index (χ2n) is 4.97. The van der Waals surface area contributed by atoms with Crippen LogP contribution in [0.2, 0.25) is 0 Å². The number of hydrogen-bond acceptors (Lipinski definition) is 3. The molecule has 1 heterocycles. The van der Waals surface area contributed by atoms with Gasteiger partial charge in [0.25, 0.3) is 5.91 Å². The van der Waals surface area contributed by atoms with Crippen LogP contribution in [0.1, 0.15) is 30.1 Å². The lowest BCUT2D eigenvalue weighted by Gasteiger charge is -2.47. The van der Waals surface area contributed by atoms with Gasteiger partial charge in [-0.3, -0.25) is 4.79 Å². The van der Waals surface area contributed by atoms with Crippen molar-refractivity contribution in [1.82, 2.24) is 4.90 Å². The molecule has 4 nitrogen and oxygen atoms in total. The predicted molar refractivity (Wildman–Crippen MR) is 70.7 cm³/mol. The molecule has 1 aromatic rings. The number of carbonyl (C=O) groups excluding carboxylic acids is 1. The molecule has 0 bridgehead atoms. The second kappa shape index (κ2) is 4.98. The number of ether oxygens (including phenoxy) is 1. The molecule has 0 radical (unpaired) electrons. The normalized spacial score (nSPS) is 17.2. The summed E-state index contributed by atoms with van der Waals surface area (Å²) in [5, 5.41) is 0. The molecule has 0 unspecified atom stereocenters. The van der Waals surface area contributed by atoms with Gasteiger partial charge in [0.15, 0.2) is 0 Å². The van der Waals surface area contributed by atoms with Gasteiger partial charge in [-0.05, 0) is 18.6 Å². The van der Waals surface area contributed by atoms with E-state index >= 15 is 0 Å². The van der Waals surface area contributed by atoms with Gasteiger partial charge in [-0.2, -0.15) is 0 Å². The summed E-state index contributed by atoms with van der Waals surface area (Å²) in [6, 6.07) is 7.29. The van der Waals surface area contributed by atoms with E-state index in [9.17, 15) is 4.79 Å². The molecule has 0 aromatic heterocycles. The lowest BCUT2D eigenvalue weighted by atomic mass is 9.86. The number of rotatable bonds is 4. The summed E-state index contributed by atoms with van der Waals surface area (Å²) in [5.41, 5.74) is 6.59. The number of methoxy groups -OCH3 is 1. The molecule has 1 aliphatic heterocycles. The Balaban J connectivity index is 2.06. The largest absolute Gasteiger partial charge is 0.496 e. The van der Waals surface area contributed by atoms with Gasteiger partial charge in [0.2, 0.25) is 0 Å². The van der Waals surface area contributed by atoms with E-state index in [0.717, 1.165) is 12.8 Å². The van der Waals surface area contributed by atoms with Crippen LogP contribution in [-0.4, -0.2) is 36.5 Å². The topological polar surface area (TPSA) is 55.6 Å². The molecule has 1 aromatic carbocycles. The summed E-state index contributed by atoms with van der Waals surface area (Å²) in [5.74, 6) is 0.622. The number of nitrogens with zero attached hydrogens (tertiary/aromatic N) is 1. The molecule has 0 atom stereocenters. The molecule has 2 N–H and O–H groups in total. The number of likely N-dealkylation sites (tertiary alicyclic amines) is 1. The lowest BCUT2D eigenvalue weighted by molar-refractivity contribution is 0.0383. The first-order valence-electron chi connectivity index (χ1n) is 6.31. The minimum Gasteiger partial charge on any atom is -0.496 e. The Morgan fingerprint density at radius 2 is 2.11 bits per heavy atom. The fraction of sp³-hybridized carbons (Fsp3) is 0.500. The highest BCUT2D eigenvalue weighted by atomic mass is 16.5. The lowest BCUT2D eigenvalue weighted by Crippen LogP contribution is -2.68. The van der Waals surface area contributed by atoms with E-state index in [4.69, 9.17) is 10.5 Å². The predicted octanol–water partition coefficient (Wildman–Crippen LogP) is 1.65. The number of hydrogen-bond donors (Lipinski definition) is 1. The van der Waals surface area contributed by atoms with E-state index < -0.39 is 0 Å². The highest BCUT2D eigenvalue weighted by molar-refractivity contribution is 5.97. The Morgan fingerprint density at radius 3 is 2.72 bits per heavy atom. The molecule has 2 rings (SSSR count). The van der Waals surface area contributed by atoms with Crippen molar-refractivity contribution in [3.05, 3.63) is 29.8 Å². The third-order valence-electron chi connectivity index (χ3n) is 3.38. The number of para-hydroxylation sites is 1. The molecule has 18 heavy (non-hydrogen) atoms. The SMILES string of the molecule is CCCC1(N)CN(C(=O)c2ccccc2OC)C1. The monoisotopic (exact) mass is 248 g/mol. The summed E-state index contributed by atoms with van der Waals surface area (Å²) in [6.07, 6.45) is 2.01. The van der Waals surface area contributed by atoms with Crippen molar-refractivity contribution in [2.24, 2.45) is 5.73 Å². The van der Waals surface area contributed by atoms with Crippen molar-refractivity contribution in [3.63, 3.8) is 0 Å². The van der Waals surface area contributed by atoms with Gasteiger partial charge in [-0.25, -0.2) is 0 Å². The number of nitrogens with two attached hydrogens (primary N) is 1. The summed E-state index contributed by atoms with van der Waals surface area (Å²) in [6.45, 7) is 3.38. The molecule has 1 amide bonds. The van der Waals surface area contributed by atoms with Crippen LogP contribution in [0.5, 0.6) is 5.75 Å². The highest BCUT2D eigenvalue weighted by Gasteiger charge is 2.41. The Labute approximate surface area is 108 Å². The van der Waals surface area contributed by atoms with Crippen LogP contribution in [0.3, 0.4) is 0 Å². The first-order valence-corrected chi connectivity index (χ1v) is 6.31. The second-order valence-corrected chi connectivity index (χ2v) is 4.97. The summed E-state index contributed by atoms with van der Waals surface area (Å²) >= 11 is 0. The Hall–Kier alpha value is -1.55.